The standard InChI is InChI=1S/C25H26N2O6/c1-15(2)32-13-7-12-27-21(17-9-4-5-11-26-17)20(23(29)25(27)30)22(28)19-14-16-8-6-10-18(31-3)24(16)33-19/h4-6,8-11,14-15,21,29H,7,12-13H2,1-3H3. The fourth-order valence-electron chi connectivity index (χ4n) is 3.96. The molecule has 33 heavy (non-hydrogen) atoms. The lowest BCUT2D eigenvalue weighted by atomic mass is 9.98. The van der Waals surface area contributed by atoms with Crippen molar-refractivity contribution in [3.8, 4) is 5.75 Å². The molecule has 0 fully saturated rings. The third-order valence-corrected chi connectivity index (χ3v) is 5.46. The average molecular weight is 450 g/mol. The van der Waals surface area contributed by atoms with E-state index in [9.17, 15) is 14.7 Å². The van der Waals surface area contributed by atoms with Gasteiger partial charge in [0.1, 0.15) is 6.04 Å². The molecule has 3 aromatic rings. The summed E-state index contributed by atoms with van der Waals surface area (Å²) in [5.74, 6) is -1.29. The molecule has 1 aliphatic heterocycles. The van der Waals surface area contributed by atoms with E-state index < -0.39 is 23.5 Å². The van der Waals surface area contributed by atoms with E-state index in [4.69, 9.17) is 13.9 Å². The molecule has 2 aromatic heterocycles. The van der Waals surface area contributed by atoms with Crippen LogP contribution >= 0.6 is 0 Å². The van der Waals surface area contributed by atoms with Crippen molar-refractivity contribution in [1.29, 1.82) is 0 Å². The number of rotatable bonds is 9. The summed E-state index contributed by atoms with van der Waals surface area (Å²) in [6.45, 7) is 4.61. The van der Waals surface area contributed by atoms with Crippen LogP contribution in [-0.2, 0) is 9.53 Å². The predicted octanol–water partition coefficient (Wildman–Crippen LogP) is 4.23. The minimum atomic E-state index is -0.833. The molecule has 0 saturated heterocycles. The quantitative estimate of drug-likeness (QED) is 0.384. The molecule has 0 aliphatic carbocycles. The number of hydrogen-bond donors (Lipinski definition) is 1. The van der Waals surface area contributed by atoms with Crippen LogP contribution in [0.25, 0.3) is 11.0 Å². The molecule has 4 rings (SSSR count). The maximum atomic E-state index is 13.5. The first-order valence-electron chi connectivity index (χ1n) is 10.8. The highest BCUT2D eigenvalue weighted by atomic mass is 16.5. The molecule has 1 amide bonds. The van der Waals surface area contributed by atoms with Crippen molar-refractivity contribution in [2.75, 3.05) is 20.3 Å². The number of furan rings is 1. The second-order valence-corrected chi connectivity index (χ2v) is 8.01. The number of carbonyl (C=O) groups excluding carboxylic acids is 2. The summed E-state index contributed by atoms with van der Waals surface area (Å²) in [6, 6.07) is 11.3. The molecular formula is C25H26N2O6. The number of amides is 1. The van der Waals surface area contributed by atoms with Crippen molar-refractivity contribution in [2.24, 2.45) is 0 Å². The maximum Gasteiger partial charge on any atom is 0.290 e. The molecule has 8 heteroatoms. The van der Waals surface area contributed by atoms with E-state index in [1.165, 1.54) is 12.0 Å². The average Bonchev–Trinajstić information content (AvgIpc) is 3.36. The van der Waals surface area contributed by atoms with Crippen LogP contribution in [0.15, 0.2) is 64.4 Å². The first kappa shape index (κ1) is 22.5. The Balaban J connectivity index is 1.70. The number of ketones is 1. The Morgan fingerprint density at radius 2 is 2.06 bits per heavy atom. The second kappa shape index (κ2) is 9.46. The zero-order valence-electron chi connectivity index (χ0n) is 18.8. The number of pyridine rings is 1. The number of carbonyl (C=O) groups is 2. The van der Waals surface area contributed by atoms with Crippen LogP contribution in [0.2, 0.25) is 0 Å². The van der Waals surface area contributed by atoms with Gasteiger partial charge in [0.05, 0.1) is 24.5 Å². The molecule has 0 saturated carbocycles. The fourth-order valence-corrected chi connectivity index (χ4v) is 3.96. The van der Waals surface area contributed by atoms with Gasteiger partial charge in [0.25, 0.3) is 5.91 Å². The summed E-state index contributed by atoms with van der Waals surface area (Å²) in [6.07, 6.45) is 2.20. The number of ether oxygens (including phenoxy) is 2. The van der Waals surface area contributed by atoms with E-state index in [1.54, 1.807) is 48.7 Å². The predicted molar refractivity (Wildman–Crippen MR) is 121 cm³/mol. The van der Waals surface area contributed by atoms with Crippen molar-refractivity contribution in [3.05, 3.63) is 71.4 Å². The minimum absolute atomic E-state index is 0.00905. The van der Waals surface area contributed by atoms with Crippen LogP contribution in [0.4, 0.5) is 0 Å². The Labute approximate surface area is 191 Å². The smallest absolute Gasteiger partial charge is 0.290 e. The number of para-hydroxylation sites is 1. The van der Waals surface area contributed by atoms with Crippen molar-refractivity contribution >= 4 is 22.7 Å². The van der Waals surface area contributed by atoms with Crippen LogP contribution in [0, 0.1) is 0 Å². The zero-order valence-corrected chi connectivity index (χ0v) is 18.8. The third kappa shape index (κ3) is 4.34. The minimum Gasteiger partial charge on any atom is -0.503 e. The van der Waals surface area contributed by atoms with Gasteiger partial charge in [-0.1, -0.05) is 18.2 Å². The van der Waals surface area contributed by atoms with Crippen LogP contribution in [-0.4, -0.2) is 53.0 Å². The van der Waals surface area contributed by atoms with Crippen LogP contribution in [0.5, 0.6) is 5.75 Å². The third-order valence-electron chi connectivity index (χ3n) is 5.46. The normalized spacial score (nSPS) is 16.3. The van der Waals surface area contributed by atoms with Gasteiger partial charge in [-0.3, -0.25) is 14.6 Å². The van der Waals surface area contributed by atoms with E-state index >= 15 is 0 Å². The second-order valence-electron chi connectivity index (χ2n) is 8.01. The monoisotopic (exact) mass is 450 g/mol. The summed E-state index contributed by atoms with van der Waals surface area (Å²) in [4.78, 5) is 32.3. The molecule has 1 N–H and O–H groups in total. The molecule has 1 atom stereocenters. The molecule has 1 unspecified atom stereocenters. The lowest BCUT2D eigenvalue weighted by Crippen LogP contribution is -2.33. The number of aromatic nitrogens is 1. The zero-order chi connectivity index (χ0) is 23.5. The van der Waals surface area contributed by atoms with Gasteiger partial charge >= 0.3 is 0 Å². The lowest BCUT2D eigenvalue weighted by Gasteiger charge is -2.26. The fraction of sp³-hybridized carbons (Fsp3) is 0.320. The van der Waals surface area contributed by atoms with Gasteiger partial charge in [0.15, 0.2) is 22.9 Å². The van der Waals surface area contributed by atoms with Crippen LogP contribution in [0.1, 0.15) is 42.6 Å². The van der Waals surface area contributed by atoms with Gasteiger partial charge in [0, 0.05) is 24.7 Å². The largest absolute Gasteiger partial charge is 0.503 e. The first-order chi connectivity index (χ1) is 15.9. The number of fused-ring (bicyclic) bond motifs is 1. The number of aliphatic hydroxyl groups is 1. The Hall–Kier alpha value is -3.65. The number of aliphatic hydroxyl groups excluding tert-OH is 1. The summed E-state index contributed by atoms with van der Waals surface area (Å²) in [7, 11) is 1.51. The van der Waals surface area contributed by atoms with Gasteiger partial charge in [-0.05, 0) is 44.5 Å². The molecule has 0 bridgehead atoms. The van der Waals surface area contributed by atoms with Crippen molar-refractivity contribution in [2.45, 2.75) is 32.4 Å². The number of benzene rings is 1. The van der Waals surface area contributed by atoms with Crippen molar-refractivity contribution in [1.82, 2.24) is 9.88 Å². The van der Waals surface area contributed by atoms with Gasteiger partial charge in [-0.25, -0.2) is 0 Å². The Morgan fingerprint density at radius 1 is 1.24 bits per heavy atom. The molecule has 1 aliphatic rings. The SMILES string of the molecule is COc1cccc2cc(C(=O)C3=C(O)C(=O)N(CCCOC(C)C)C3c3ccccn3)oc12. The number of hydrogen-bond acceptors (Lipinski definition) is 7. The van der Waals surface area contributed by atoms with Crippen molar-refractivity contribution < 1.29 is 28.6 Å². The summed E-state index contributed by atoms with van der Waals surface area (Å²) < 4.78 is 16.7. The van der Waals surface area contributed by atoms with E-state index in [-0.39, 0.29) is 17.4 Å². The molecule has 0 spiro atoms. The Bertz CT molecular complexity index is 1200. The molecule has 3 heterocycles. The highest BCUT2D eigenvalue weighted by Gasteiger charge is 2.45. The van der Waals surface area contributed by atoms with Gasteiger partial charge in [-0.2, -0.15) is 0 Å². The van der Waals surface area contributed by atoms with E-state index in [0.29, 0.717) is 42.0 Å². The highest BCUT2D eigenvalue weighted by molar-refractivity contribution is 6.16. The van der Waals surface area contributed by atoms with Crippen LogP contribution < -0.4 is 4.74 Å². The number of methoxy groups -OCH3 is 1. The number of Topliss-reactive ketones (excluding diaryl/α,β-unsaturated/α-hetero) is 1. The lowest BCUT2D eigenvalue weighted by molar-refractivity contribution is -0.129. The molecule has 8 nitrogen and oxygen atoms in total. The first-order valence-corrected chi connectivity index (χ1v) is 10.8. The summed E-state index contributed by atoms with van der Waals surface area (Å²) in [5.41, 5.74) is 0.850. The van der Waals surface area contributed by atoms with Crippen molar-refractivity contribution in [3.63, 3.8) is 0 Å². The summed E-state index contributed by atoms with van der Waals surface area (Å²) >= 11 is 0. The maximum absolute atomic E-state index is 13.5. The number of nitrogens with zero attached hydrogens (tertiary/aromatic N) is 2. The topological polar surface area (TPSA) is 102 Å². The highest BCUT2D eigenvalue weighted by Crippen LogP contribution is 2.39. The molecule has 172 valence electrons. The van der Waals surface area contributed by atoms with Gasteiger partial charge < -0.3 is 23.9 Å². The summed E-state index contributed by atoms with van der Waals surface area (Å²) in [5, 5.41) is 11.4. The van der Waals surface area contributed by atoms with E-state index in [0.717, 1.165) is 0 Å². The Kier molecular flexibility index (Phi) is 6.46. The van der Waals surface area contributed by atoms with E-state index in [2.05, 4.69) is 4.98 Å². The van der Waals surface area contributed by atoms with Gasteiger partial charge in [-0.15, -0.1) is 0 Å². The van der Waals surface area contributed by atoms with E-state index in [1.807, 2.05) is 13.8 Å². The Morgan fingerprint density at radius 3 is 2.76 bits per heavy atom. The van der Waals surface area contributed by atoms with Crippen LogP contribution in [0.3, 0.4) is 0 Å². The van der Waals surface area contributed by atoms with Gasteiger partial charge in [0.2, 0.25) is 5.78 Å². The molecule has 0 radical (unpaired) electrons. The molecule has 1 aromatic carbocycles. The molecular weight excluding hydrogens is 424 g/mol.